The molecule has 0 N–H and O–H groups in total. The number of hydrogen-bond donors (Lipinski definition) is 0. The fraction of sp³-hybridized carbons (Fsp3) is 0.667. The highest BCUT2D eigenvalue weighted by Crippen LogP contribution is 2.25. The van der Waals surface area contributed by atoms with E-state index in [2.05, 4.69) is 27.7 Å². The summed E-state index contributed by atoms with van der Waals surface area (Å²) in [4.78, 5) is 0. The van der Waals surface area contributed by atoms with Crippen molar-refractivity contribution in [3.05, 3.63) is 12.2 Å². The molecule has 0 radical (unpaired) electrons. The number of rotatable bonds is 1. The fourth-order valence-electron chi connectivity index (χ4n) is 0.476. The van der Waals surface area contributed by atoms with Crippen molar-refractivity contribution in [3.63, 3.8) is 0 Å². The van der Waals surface area contributed by atoms with Crippen LogP contribution in [-0.4, -0.2) is 0 Å². The first kappa shape index (κ1) is 9.23. The molecule has 1 heteroatoms. The SMILES string of the molecule is C[C@H](/C=C\C#N)C(C)(C)C. The fourth-order valence-corrected chi connectivity index (χ4v) is 0.476. The molecule has 0 heterocycles. The summed E-state index contributed by atoms with van der Waals surface area (Å²) >= 11 is 0. The van der Waals surface area contributed by atoms with Gasteiger partial charge in [0.05, 0.1) is 6.07 Å². The first-order chi connectivity index (χ1) is 4.48. The largest absolute Gasteiger partial charge is 0.193 e. The second-order valence-electron chi connectivity index (χ2n) is 3.64. The van der Waals surface area contributed by atoms with E-state index in [1.807, 2.05) is 12.1 Å². The Morgan fingerprint density at radius 3 is 2.20 bits per heavy atom. The Labute approximate surface area is 63.4 Å². The molecule has 0 aliphatic carbocycles. The Morgan fingerprint density at radius 1 is 1.40 bits per heavy atom. The molecule has 0 amide bonds. The van der Waals surface area contributed by atoms with E-state index < -0.39 is 0 Å². The van der Waals surface area contributed by atoms with Crippen LogP contribution in [0.2, 0.25) is 0 Å². The summed E-state index contributed by atoms with van der Waals surface area (Å²) in [6.07, 6.45) is 3.50. The predicted molar refractivity (Wildman–Crippen MR) is 43.4 cm³/mol. The van der Waals surface area contributed by atoms with Gasteiger partial charge in [-0.05, 0) is 11.3 Å². The number of nitrogens with zero attached hydrogens (tertiary/aromatic N) is 1. The van der Waals surface area contributed by atoms with Crippen molar-refractivity contribution >= 4 is 0 Å². The first-order valence-corrected chi connectivity index (χ1v) is 3.54. The Kier molecular flexibility index (Phi) is 3.15. The third-order valence-electron chi connectivity index (χ3n) is 1.83. The summed E-state index contributed by atoms with van der Waals surface area (Å²) in [5.74, 6) is 0.465. The molecule has 0 bridgehead atoms. The molecule has 1 nitrogen and oxygen atoms in total. The number of nitriles is 1. The molecule has 0 saturated carbocycles. The van der Waals surface area contributed by atoms with Gasteiger partial charge in [-0.25, -0.2) is 0 Å². The van der Waals surface area contributed by atoms with Crippen molar-refractivity contribution in [3.8, 4) is 6.07 Å². The van der Waals surface area contributed by atoms with Gasteiger partial charge >= 0.3 is 0 Å². The predicted octanol–water partition coefficient (Wildman–Crippen LogP) is 2.75. The Bertz CT molecular complexity index is 155. The molecule has 56 valence electrons. The standard InChI is InChI=1S/C9H15N/c1-8(6-5-7-10)9(2,3)4/h5-6,8H,1-4H3/b6-5-/t8-/m1/s1. The summed E-state index contributed by atoms with van der Waals surface area (Å²) in [6, 6.07) is 1.99. The highest BCUT2D eigenvalue weighted by atomic mass is 14.2. The van der Waals surface area contributed by atoms with Gasteiger partial charge in [0.2, 0.25) is 0 Å². The second kappa shape index (κ2) is 3.41. The van der Waals surface area contributed by atoms with Gasteiger partial charge in [0.15, 0.2) is 0 Å². The highest BCUT2D eigenvalue weighted by molar-refractivity contribution is 5.04. The van der Waals surface area contributed by atoms with E-state index in [-0.39, 0.29) is 5.41 Å². The topological polar surface area (TPSA) is 23.8 Å². The Morgan fingerprint density at radius 2 is 1.90 bits per heavy atom. The molecule has 0 aliphatic heterocycles. The van der Waals surface area contributed by atoms with Crippen LogP contribution in [0.1, 0.15) is 27.7 Å². The zero-order chi connectivity index (χ0) is 8.20. The molecular weight excluding hydrogens is 122 g/mol. The van der Waals surface area contributed by atoms with E-state index in [0.29, 0.717) is 5.92 Å². The highest BCUT2D eigenvalue weighted by Gasteiger charge is 2.16. The third kappa shape index (κ3) is 3.29. The molecule has 0 aromatic carbocycles. The average molecular weight is 137 g/mol. The van der Waals surface area contributed by atoms with Crippen LogP contribution in [0.3, 0.4) is 0 Å². The van der Waals surface area contributed by atoms with Crippen molar-refractivity contribution in [2.45, 2.75) is 27.7 Å². The van der Waals surface area contributed by atoms with Gasteiger partial charge in [-0.15, -0.1) is 0 Å². The smallest absolute Gasteiger partial charge is 0.0908 e. The van der Waals surface area contributed by atoms with Gasteiger partial charge in [-0.3, -0.25) is 0 Å². The van der Waals surface area contributed by atoms with Crippen LogP contribution in [0, 0.1) is 22.7 Å². The molecule has 0 spiro atoms. The van der Waals surface area contributed by atoms with Crippen molar-refractivity contribution < 1.29 is 0 Å². The first-order valence-electron chi connectivity index (χ1n) is 3.54. The lowest BCUT2D eigenvalue weighted by atomic mass is 9.82. The van der Waals surface area contributed by atoms with Crippen LogP contribution in [0.15, 0.2) is 12.2 Å². The number of hydrogen-bond acceptors (Lipinski definition) is 1. The lowest BCUT2D eigenvalue weighted by molar-refractivity contribution is 0.314. The molecule has 0 rings (SSSR count). The summed E-state index contributed by atoms with van der Waals surface area (Å²) in [5.41, 5.74) is 0.271. The minimum absolute atomic E-state index is 0.271. The lowest BCUT2D eigenvalue weighted by Gasteiger charge is -2.23. The molecule has 0 unspecified atom stereocenters. The van der Waals surface area contributed by atoms with Gasteiger partial charge in [0.25, 0.3) is 0 Å². The van der Waals surface area contributed by atoms with Gasteiger partial charge < -0.3 is 0 Å². The lowest BCUT2D eigenvalue weighted by Crippen LogP contribution is -2.14. The Hall–Kier alpha value is -0.770. The summed E-state index contributed by atoms with van der Waals surface area (Å²) in [5, 5.41) is 8.24. The van der Waals surface area contributed by atoms with Gasteiger partial charge in [0.1, 0.15) is 0 Å². The molecule has 10 heavy (non-hydrogen) atoms. The normalized spacial score (nSPS) is 15.1. The van der Waals surface area contributed by atoms with Crippen molar-refractivity contribution in [2.24, 2.45) is 11.3 Å². The van der Waals surface area contributed by atoms with Crippen LogP contribution in [0.25, 0.3) is 0 Å². The van der Waals surface area contributed by atoms with Crippen molar-refractivity contribution in [2.75, 3.05) is 0 Å². The van der Waals surface area contributed by atoms with Gasteiger partial charge in [-0.1, -0.05) is 33.8 Å². The minimum Gasteiger partial charge on any atom is -0.193 e. The molecule has 0 saturated heterocycles. The van der Waals surface area contributed by atoms with Crippen LogP contribution in [0.4, 0.5) is 0 Å². The van der Waals surface area contributed by atoms with Gasteiger partial charge in [-0.2, -0.15) is 5.26 Å². The van der Waals surface area contributed by atoms with E-state index in [1.54, 1.807) is 6.08 Å². The van der Waals surface area contributed by atoms with E-state index in [4.69, 9.17) is 5.26 Å². The summed E-state index contributed by atoms with van der Waals surface area (Å²) < 4.78 is 0. The van der Waals surface area contributed by atoms with E-state index in [0.717, 1.165) is 0 Å². The molecular formula is C9H15N. The van der Waals surface area contributed by atoms with E-state index in [1.165, 1.54) is 0 Å². The zero-order valence-electron chi connectivity index (χ0n) is 7.18. The monoisotopic (exact) mass is 137 g/mol. The van der Waals surface area contributed by atoms with Crippen LogP contribution < -0.4 is 0 Å². The second-order valence-corrected chi connectivity index (χ2v) is 3.64. The van der Waals surface area contributed by atoms with Crippen LogP contribution in [0.5, 0.6) is 0 Å². The van der Waals surface area contributed by atoms with Crippen molar-refractivity contribution in [1.29, 1.82) is 5.26 Å². The minimum atomic E-state index is 0.271. The summed E-state index contributed by atoms with van der Waals surface area (Å²) in [6.45, 7) is 8.62. The molecule has 1 atom stereocenters. The van der Waals surface area contributed by atoms with Crippen molar-refractivity contribution in [1.82, 2.24) is 0 Å². The quantitative estimate of drug-likeness (QED) is 0.510. The molecule has 0 aliphatic rings. The van der Waals surface area contributed by atoms with E-state index in [9.17, 15) is 0 Å². The maximum absolute atomic E-state index is 8.24. The zero-order valence-corrected chi connectivity index (χ0v) is 7.18. The summed E-state index contributed by atoms with van der Waals surface area (Å²) in [7, 11) is 0. The molecule has 0 aromatic rings. The Balaban J connectivity index is 4.00. The van der Waals surface area contributed by atoms with Gasteiger partial charge in [0, 0.05) is 6.08 Å². The van der Waals surface area contributed by atoms with Crippen LogP contribution >= 0.6 is 0 Å². The maximum atomic E-state index is 8.24. The van der Waals surface area contributed by atoms with Crippen LogP contribution in [-0.2, 0) is 0 Å². The molecule has 0 fully saturated rings. The number of allylic oxidation sites excluding steroid dienone is 2. The average Bonchev–Trinajstić information content (AvgIpc) is 1.80. The maximum Gasteiger partial charge on any atom is 0.0908 e. The third-order valence-corrected chi connectivity index (χ3v) is 1.83. The van der Waals surface area contributed by atoms with E-state index >= 15 is 0 Å². The molecule has 0 aromatic heterocycles.